The molecule has 2 aliphatic rings. The maximum absolute atomic E-state index is 14.0. The molecule has 2 aromatic rings. The van der Waals surface area contributed by atoms with Crippen LogP contribution in [0.2, 0.25) is 0 Å². The molecule has 142 valence electrons. The molecule has 1 fully saturated rings. The fraction of sp³-hybridized carbons (Fsp3) is 0.353. The number of halogens is 1. The third kappa shape index (κ3) is 3.36. The van der Waals surface area contributed by atoms with E-state index in [1.54, 1.807) is 12.1 Å². The first kappa shape index (κ1) is 17.4. The lowest BCUT2D eigenvalue weighted by atomic mass is 10.2. The van der Waals surface area contributed by atoms with Gasteiger partial charge in [0.05, 0.1) is 12.7 Å². The van der Waals surface area contributed by atoms with E-state index in [1.165, 1.54) is 18.3 Å². The molecular weight excluding hydrogens is 361 g/mol. The summed E-state index contributed by atoms with van der Waals surface area (Å²) in [5, 5.41) is 11.6. The van der Waals surface area contributed by atoms with Crippen molar-refractivity contribution in [1.82, 2.24) is 9.55 Å². The molecule has 0 unspecified atom stereocenters. The normalized spacial score (nSPS) is 23.4. The van der Waals surface area contributed by atoms with E-state index in [1.807, 2.05) is 0 Å². The van der Waals surface area contributed by atoms with Crippen LogP contribution in [0.1, 0.15) is 23.0 Å². The number of rotatable bonds is 4. The SMILES string of the molecule is O=C(Nc1ccn([C@@H]2O[C@H](CO)C[C@@H]2F)c(=O)n1)c1ccc2c(c1)OCO2. The molecule has 3 heterocycles. The smallest absolute Gasteiger partial charge is 0.351 e. The number of hydrogen-bond acceptors (Lipinski definition) is 7. The number of anilines is 1. The number of aliphatic hydroxyl groups is 1. The summed E-state index contributed by atoms with van der Waals surface area (Å²) in [7, 11) is 0. The quantitative estimate of drug-likeness (QED) is 0.812. The summed E-state index contributed by atoms with van der Waals surface area (Å²) < 4.78 is 30.7. The molecule has 9 nitrogen and oxygen atoms in total. The van der Waals surface area contributed by atoms with Gasteiger partial charge in [-0.1, -0.05) is 0 Å². The van der Waals surface area contributed by atoms with E-state index in [0.717, 1.165) is 4.57 Å². The van der Waals surface area contributed by atoms with Gasteiger partial charge in [0.2, 0.25) is 6.79 Å². The van der Waals surface area contributed by atoms with Crippen LogP contribution in [0.4, 0.5) is 10.2 Å². The minimum Gasteiger partial charge on any atom is -0.454 e. The summed E-state index contributed by atoms with van der Waals surface area (Å²) in [5.41, 5.74) is -0.469. The fourth-order valence-electron chi connectivity index (χ4n) is 2.97. The second kappa shape index (κ2) is 6.97. The maximum atomic E-state index is 14.0. The molecule has 0 saturated carbocycles. The average molecular weight is 377 g/mol. The number of hydrogen-bond donors (Lipinski definition) is 2. The number of alkyl halides is 1. The lowest BCUT2D eigenvalue weighted by Gasteiger charge is -2.16. The van der Waals surface area contributed by atoms with Crippen LogP contribution in [0.25, 0.3) is 0 Å². The third-order valence-corrected chi connectivity index (χ3v) is 4.31. The molecule has 0 aliphatic carbocycles. The number of ether oxygens (including phenoxy) is 3. The average Bonchev–Trinajstić information content (AvgIpc) is 3.27. The number of nitrogens with zero attached hydrogens (tertiary/aromatic N) is 2. The first-order chi connectivity index (χ1) is 13.0. The summed E-state index contributed by atoms with van der Waals surface area (Å²) >= 11 is 0. The predicted octanol–water partition coefficient (Wildman–Crippen LogP) is 0.842. The lowest BCUT2D eigenvalue weighted by Crippen LogP contribution is -2.31. The number of nitrogens with one attached hydrogen (secondary N) is 1. The van der Waals surface area contributed by atoms with Gasteiger partial charge in [-0.3, -0.25) is 9.36 Å². The largest absolute Gasteiger partial charge is 0.454 e. The number of aromatic nitrogens is 2. The first-order valence-electron chi connectivity index (χ1n) is 8.26. The van der Waals surface area contributed by atoms with E-state index in [4.69, 9.17) is 19.3 Å². The summed E-state index contributed by atoms with van der Waals surface area (Å²) in [6, 6.07) is 6.06. The van der Waals surface area contributed by atoms with Crippen molar-refractivity contribution in [3.8, 4) is 11.5 Å². The molecule has 0 spiro atoms. The molecule has 2 N–H and O–H groups in total. The molecule has 3 atom stereocenters. The highest BCUT2D eigenvalue weighted by atomic mass is 19.1. The molecule has 0 radical (unpaired) electrons. The zero-order valence-corrected chi connectivity index (χ0v) is 14.0. The summed E-state index contributed by atoms with van der Waals surface area (Å²) in [6.07, 6.45) is -1.96. The number of benzene rings is 1. The molecular formula is C17H16FN3O6. The topological polar surface area (TPSA) is 112 Å². The standard InChI is InChI=1S/C17H16FN3O6/c18-11-6-10(7-22)27-16(11)21-4-3-14(20-17(21)24)19-15(23)9-1-2-12-13(5-9)26-8-25-12/h1-5,10-11,16,22H,6-8H2,(H,19,20,23,24)/t10-,11-,16+/m0/s1. The number of carbonyl (C=O) groups excluding carboxylic acids is 1. The number of fused-ring (bicyclic) bond motifs is 1. The molecule has 1 aromatic carbocycles. The van der Waals surface area contributed by atoms with E-state index in [2.05, 4.69) is 10.3 Å². The Labute approximate surface area is 152 Å². The van der Waals surface area contributed by atoms with Gasteiger partial charge in [0, 0.05) is 18.2 Å². The molecule has 1 amide bonds. The Bertz CT molecular complexity index is 933. The number of amides is 1. The third-order valence-electron chi connectivity index (χ3n) is 4.31. The Morgan fingerprint density at radius 3 is 2.89 bits per heavy atom. The van der Waals surface area contributed by atoms with E-state index in [-0.39, 0.29) is 25.6 Å². The predicted molar refractivity (Wildman–Crippen MR) is 89.5 cm³/mol. The van der Waals surface area contributed by atoms with Crippen molar-refractivity contribution in [3.63, 3.8) is 0 Å². The monoisotopic (exact) mass is 377 g/mol. The van der Waals surface area contributed by atoms with Gasteiger partial charge in [0.1, 0.15) is 12.0 Å². The van der Waals surface area contributed by atoms with Crippen molar-refractivity contribution in [3.05, 3.63) is 46.5 Å². The van der Waals surface area contributed by atoms with Crippen molar-refractivity contribution in [2.24, 2.45) is 0 Å². The van der Waals surface area contributed by atoms with Crippen molar-refractivity contribution in [1.29, 1.82) is 0 Å². The summed E-state index contributed by atoms with van der Waals surface area (Å²) in [5.74, 6) is 0.535. The molecule has 27 heavy (non-hydrogen) atoms. The molecule has 2 aliphatic heterocycles. The molecule has 1 aromatic heterocycles. The summed E-state index contributed by atoms with van der Waals surface area (Å²) in [6.45, 7) is -0.237. The van der Waals surface area contributed by atoms with Crippen LogP contribution in [0.3, 0.4) is 0 Å². The highest BCUT2D eigenvalue weighted by Crippen LogP contribution is 2.33. The molecule has 0 bridgehead atoms. The maximum Gasteiger partial charge on any atom is 0.351 e. The molecule has 1 saturated heterocycles. The van der Waals surface area contributed by atoms with Gasteiger partial charge in [0.15, 0.2) is 17.7 Å². The van der Waals surface area contributed by atoms with Gasteiger partial charge in [-0.2, -0.15) is 4.98 Å². The van der Waals surface area contributed by atoms with Crippen LogP contribution in [-0.4, -0.2) is 46.2 Å². The second-order valence-corrected chi connectivity index (χ2v) is 6.11. The van der Waals surface area contributed by atoms with Gasteiger partial charge in [0.25, 0.3) is 5.91 Å². The Kier molecular flexibility index (Phi) is 4.50. The van der Waals surface area contributed by atoms with Crippen LogP contribution in [0, 0.1) is 0 Å². The van der Waals surface area contributed by atoms with E-state index < -0.39 is 30.1 Å². The Morgan fingerprint density at radius 2 is 2.15 bits per heavy atom. The van der Waals surface area contributed by atoms with Gasteiger partial charge < -0.3 is 24.6 Å². The first-order valence-corrected chi connectivity index (χ1v) is 8.26. The highest BCUT2D eigenvalue weighted by molar-refractivity contribution is 6.04. The van der Waals surface area contributed by atoms with Crippen LogP contribution >= 0.6 is 0 Å². The van der Waals surface area contributed by atoms with Crippen LogP contribution in [-0.2, 0) is 4.74 Å². The Balaban J connectivity index is 1.50. The Morgan fingerprint density at radius 1 is 1.33 bits per heavy atom. The van der Waals surface area contributed by atoms with Crippen molar-refractivity contribution in [2.45, 2.75) is 24.9 Å². The molecule has 10 heteroatoms. The van der Waals surface area contributed by atoms with Gasteiger partial charge in [-0.25, -0.2) is 9.18 Å². The van der Waals surface area contributed by atoms with Gasteiger partial charge >= 0.3 is 5.69 Å². The molecule has 4 rings (SSSR count). The Hall–Kier alpha value is -2.98. The van der Waals surface area contributed by atoms with Crippen molar-refractivity contribution in [2.75, 3.05) is 18.7 Å². The van der Waals surface area contributed by atoms with Crippen molar-refractivity contribution < 1.29 is 28.5 Å². The lowest BCUT2D eigenvalue weighted by molar-refractivity contribution is -0.0393. The van der Waals surface area contributed by atoms with Gasteiger partial charge in [-0.15, -0.1) is 0 Å². The van der Waals surface area contributed by atoms with Crippen LogP contribution < -0.4 is 20.5 Å². The van der Waals surface area contributed by atoms with E-state index in [9.17, 15) is 14.0 Å². The van der Waals surface area contributed by atoms with Crippen LogP contribution in [0.5, 0.6) is 11.5 Å². The van der Waals surface area contributed by atoms with E-state index >= 15 is 0 Å². The number of carbonyl (C=O) groups is 1. The minimum atomic E-state index is -1.43. The van der Waals surface area contributed by atoms with E-state index in [0.29, 0.717) is 17.1 Å². The minimum absolute atomic E-state index is 0.00376. The van der Waals surface area contributed by atoms with Crippen LogP contribution in [0.15, 0.2) is 35.3 Å². The zero-order valence-electron chi connectivity index (χ0n) is 14.0. The van der Waals surface area contributed by atoms with Crippen molar-refractivity contribution >= 4 is 11.7 Å². The summed E-state index contributed by atoms with van der Waals surface area (Å²) in [4.78, 5) is 28.3. The number of aliphatic hydroxyl groups excluding tert-OH is 1. The zero-order chi connectivity index (χ0) is 19.0. The highest BCUT2D eigenvalue weighted by Gasteiger charge is 2.37. The second-order valence-electron chi connectivity index (χ2n) is 6.11. The fourth-order valence-corrected chi connectivity index (χ4v) is 2.97. The van der Waals surface area contributed by atoms with Gasteiger partial charge in [-0.05, 0) is 24.3 Å².